The molecule has 1 aromatic rings. The third-order valence-corrected chi connectivity index (χ3v) is 3.83. The van der Waals surface area contributed by atoms with E-state index in [-0.39, 0.29) is 0 Å². The van der Waals surface area contributed by atoms with Gasteiger partial charge in [-0.2, -0.15) is 0 Å². The monoisotopic (exact) mass is 197 g/mol. The van der Waals surface area contributed by atoms with E-state index in [2.05, 4.69) is 11.4 Å². The summed E-state index contributed by atoms with van der Waals surface area (Å²) >= 11 is 1.63. The first-order chi connectivity index (χ1) is 6.33. The molecular weight excluding hydrogens is 182 g/mol. The van der Waals surface area contributed by atoms with Crippen molar-refractivity contribution in [3.8, 4) is 0 Å². The van der Waals surface area contributed by atoms with Crippen LogP contribution in [0.2, 0.25) is 0 Å². The van der Waals surface area contributed by atoms with E-state index in [1.165, 1.54) is 24.8 Å². The van der Waals surface area contributed by atoms with Crippen molar-refractivity contribution in [1.29, 1.82) is 0 Å². The van der Waals surface area contributed by atoms with E-state index in [1.54, 1.807) is 11.3 Å². The summed E-state index contributed by atoms with van der Waals surface area (Å²) in [7, 11) is 0. The fraction of sp³-hybridized carbons (Fsp3) is 0.600. The van der Waals surface area contributed by atoms with Crippen LogP contribution in [0.15, 0.2) is 11.4 Å². The van der Waals surface area contributed by atoms with Crippen molar-refractivity contribution in [3.63, 3.8) is 0 Å². The summed E-state index contributed by atoms with van der Waals surface area (Å²) in [5, 5.41) is 11.7. The highest BCUT2D eigenvalue weighted by atomic mass is 32.1. The molecule has 0 aliphatic heterocycles. The normalized spacial score (nSPS) is 19.8. The van der Waals surface area contributed by atoms with Crippen molar-refractivity contribution in [2.24, 2.45) is 5.73 Å². The van der Waals surface area contributed by atoms with E-state index in [4.69, 9.17) is 5.73 Å². The van der Waals surface area contributed by atoms with Crippen LogP contribution in [0.4, 0.5) is 0 Å². The van der Waals surface area contributed by atoms with E-state index in [9.17, 15) is 5.11 Å². The Morgan fingerprint density at radius 3 is 2.92 bits per heavy atom. The zero-order valence-corrected chi connectivity index (χ0v) is 8.39. The molecule has 1 fully saturated rings. The third kappa shape index (κ3) is 1.64. The number of aliphatic hydroxyl groups excluding tert-OH is 1. The third-order valence-electron chi connectivity index (χ3n) is 2.80. The number of thiophene rings is 1. The molecule has 0 aromatic carbocycles. The van der Waals surface area contributed by atoms with Gasteiger partial charge in [0.05, 0.1) is 0 Å². The Hall–Kier alpha value is -0.380. The molecule has 1 saturated carbocycles. The molecule has 1 heterocycles. The number of rotatable bonds is 3. The highest BCUT2D eigenvalue weighted by molar-refractivity contribution is 7.10. The quantitative estimate of drug-likeness (QED) is 0.778. The second-order valence-electron chi connectivity index (χ2n) is 3.62. The number of nitrogens with two attached hydrogens (primary N) is 1. The molecule has 0 amide bonds. The fourth-order valence-corrected chi connectivity index (χ4v) is 2.75. The number of aliphatic hydroxyl groups is 1. The molecule has 1 aliphatic rings. The van der Waals surface area contributed by atoms with E-state index < -0.39 is 6.10 Å². The Morgan fingerprint density at radius 2 is 2.38 bits per heavy atom. The maximum atomic E-state index is 9.65. The van der Waals surface area contributed by atoms with Gasteiger partial charge in [0.1, 0.15) is 6.10 Å². The average molecular weight is 197 g/mol. The first-order valence-electron chi connectivity index (χ1n) is 4.78. The Kier molecular flexibility index (Phi) is 2.67. The summed E-state index contributed by atoms with van der Waals surface area (Å²) in [5.74, 6) is 0.697. The lowest BCUT2D eigenvalue weighted by Gasteiger charge is -2.26. The highest BCUT2D eigenvalue weighted by Crippen LogP contribution is 2.41. The van der Waals surface area contributed by atoms with Gasteiger partial charge in [0.2, 0.25) is 0 Å². The number of hydrogen-bond acceptors (Lipinski definition) is 3. The summed E-state index contributed by atoms with van der Waals surface area (Å²) in [6, 6.07) is 2.14. The zero-order valence-electron chi connectivity index (χ0n) is 7.57. The van der Waals surface area contributed by atoms with Crippen molar-refractivity contribution in [2.45, 2.75) is 31.3 Å². The Balaban J connectivity index is 2.19. The molecule has 0 spiro atoms. The molecular formula is C10H15NOS. The Labute approximate surface area is 82.4 Å². The van der Waals surface area contributed by atoms with Crippen molar-refractivity contribution < 1.29 is 5.11 Å². The molecule has 1 aliphatic carbocycles. The summed E-state index contributed by atoms with van der Waals surface area (Å²) in [5.41, 5.74) is 6.79. The van der Waals surface area contributed by atoms with Gasteiger partial charge in [-0.3, -0.25) is 0 Å². The van der Waals surface area contributed by atoms with Crippen LogP contribution in [0.25, 0.3) is 0 Å². The minimum atomic E-state index is -0.449. The van der Waals surface area contributed by atoms with Gasteiger partial charge in [-0.05, 0) is 35.8 Å². The first kappa shape index (κ1) is 9.19. The predicted molar refractivity (Wildman–Crippen MR) is 54.9 cm³/mol. The summed E-state index contributed by atoms with van der Waals surface area (Å²) in [6.45, 7) is 0.334. The molecule has 2 rings (SSSR count). The molecule has 3 N–H and O–H groups in total. The maximum Gasteiger partial charge on any atom is 0.101 e. The molecule has 0 saturated heterocycles. The minimum absolute atomic E-state index is 0.334. The van der Waals surface area contributed by atoms with Crippen LogP contribution >= 0.6 is 11.3 Å². The smallest absolute Gasteiger partial charge is 0.101 e. The zero-order chi connectivity index (χ0) is 9.26. The van der Waals surface area contributed by atoms with Gasteiger partial charge in [0, 0.05) is 11.4 Å². The highest BCUT2D eigenvalue weighted by Gasteiger charge is 2.24. The van der Waals surface area contributed by atoms with Crippen LogP contribution < -0.4 is 5.73 Å². The van der Waals surface area contributed by atoms with Gasteiger partial charge in [-0.15, -0.1) is 11.3 Å². The minimum Gasteiger partial charge on any atom is -0.386 e. The van der Waals surface area contributed by atoms with Crippen molar-refractivity contribution >= 4 is 11.3 Å². The van der Waals surface area contributed by atoms with Gasteiger partial charge in [-0.1, -0.05) is 6.42 Å². The first-order valence-corrected chi connectivity index (χ1v) is 5.66. The van der Waals surface area contributed by atoms with E-state index in [0.717, 1.165) is 4.88 Å². The van der Waals surface area contributed by atoms with Crippen LogP contribution in [-0.4, -0.2) is 11.7 Å². The van der Waals surface area contributed by atoms with Gasteiger partial charge in [-0.25, -0.2) is 0 Å². The molecule has 0 bridgehead atoms. The topological polar surface area (TPSA) is 46.2 Å². The molecule has 0 radical (unpaired) electrons. The van der Waals surface area contributed by atoms with Crippen LogP contribution in [-0.2, 0) is 0 Å². The van der Waals surface area contributed by atoms with Gasteiger partial charge in [0.25, 0.3) is 0 Å². The van der Waals surface area contributed by atoms with E-state index in [1.807, 2.05) is 0 Å². The number of hydrogen-bond donors (Lipinski definition) is 2. The van der Waals surface area contributed by atoms with Gasteiger partial charge >= 0.3 is 0 Å². The van der Waals surface area contributed by atoms with Crippen molar-refractivity contribution in [3.05, 3.63) is 21.9 Å². The van der Waals surface area contributed by atoms with Gasteiger partial charge in [0.15, 0.2) is 0 Å². The lowest BCUT2D eigenvalue weighted by Crippen LogP contribution is -2.15. The standard InChI is InChI=1S/C10H15NOS/c11-6-9(12)10-8(4-5-13-10)7-2-1-3-7/h4-5,7,9,12H,1-3,6,11H2. The molecule has 2 nitrogen and oxygen atoms in total. The van der Waals surface area contributed by atoms with Crippen molar-refractivity contribution in [2.75, 3.05) is 6.54 Å². The molecule has 1 unspecified atom stereocenters. The largest absolute Gasteiger partial charge is 0.386 e. The molecule has 13 heavy (non-hydrogen) atoms. The molecule has 1 atom stereocenters. The second-order valence-corrected chi connectivity index (χ2v) is 4.57. The molecule has 72 valence electrons. The Morgan fingerprint density at radius 1 is 1.62 bits per heavy atom. The van der Waals surface area contributed by atoms with E-state index in [0.29, 0.717) is 12.5 Å². The summed E-state index contributed by atoms with van der Waals surface area (Å²) in [4.78, 5) is 1.09. The Bertz CT molecular complexity index is 261. The lowest BCUT2D eigenvalue weighted by molar-refractivity contribution is 0.188. The van der Waals surface area contributed by atoms with Gasteiger partial charge < -0.3 is 10.8 Å². The lowest BCUT2D eigenvalue weighted by atomic mass is 9.80. The SMILES string of the molecule is NCC(O)c1sccc1C1CCC1. The molecule has 3 heteroatoms. The second kappa shape index (κ2) is 3.78. The van der Waals surface area contributed by atoms with E-state index >= 15 is 0 Å². The van der Waals surface area contributed by atoms with Crippen LogP contribution in [0.1, 0.15) is 41.7 Å². The summed E-state index contributed by atoms with van der Waals surface area (Å²) < 4.78 is 0. The van der Waals surface area contributed by atoms with Crippen molar-refractivity contribution in [1.82, 2.24) is 0 Å². The van der Waals surface area contributed by atoms with Crippen LogP contribution in [0.5, 0.6) is 0 Å². The molecule has 1 aromatic heterocycles. The average Bonchev–Trinajstić information content (AvgIpc) is 2.49. The van der Waals surface area contributed by atoms with Crippen LogP contribution in [0, 0.1) is 0 Å². The predicted octanol–water partition coefficient (Wildman–Crippen LogP) is 2.01. The summed E-state index contributed by atoms with van der Waals surface area (Å²) in [6.07, 6.45) is 3.44. The maximum absolute atomic E-state index is 9.65. The fourth-order valence-electron chi connectivity index (χ4n) is 1.77. The van der Waals surface area contributed by atoms with Crippen LogP contribution in [0.3, 0.4) is 0 Å².